The predicted molar refractivity (Wildman–Crippen MR) is 121 cm³/mol. The van der Waals surface area contributed by atoms with Gasteiger partial charge in [0.15, 0.2) is 5.65 Å². The number of halogens is 2. The Kier molecular flexibility index (Phi) is 5.93. The fraction of sp³-hybridized carbons (Fsp3) is 0.478. The van der Waals surface area contributed by atoms with Crippen LogP contribution in [0.25, 0.3) is 5.65 Å². The third kappa shape index (κ3) is 4.27. The Morgan fingerprint density at radius 2 is 2.12 bits per heavy atom. The van der Waals surface area contributed by atoms with Crippen molar-refractivity contribution >= 4 is 17.2 Å². The van der Waals surface area contributed by atoms with E-state index in [-0.39, 0.29) is 11.9 Å². The Balaban J connectivity index is 1.33. The summed E-state index contributed by atoms with van der Waals surface area (Å²) in [5.41, 5.74) is 2.01. The van der Waals surface area contributed by atoms with Crippen molar-refractivity contribution in [3.8, 4) is 0 Å². The fourth-order valence-corrected chi connectivity index (χ4v) is 4.84. The van der Waals surface area contributed by atoms with E-state index in [0.717, 1.165) is 75.3 Å². The lowest BCUT2D eigenvalue weighted by Crippen LogP contribution is -2.50. The van der Waals surface area contributed by atoms with E-state index in [1.54, 1.807) is 10.7 Å². The van der Waals surface area contributed by atoms with E-state index in [1.165, 1.54) is 12.1 Å². The SMILES string of the molecule is C[C@H]1CN(CCNc2cnn3ccc(N4CCC[C@@H]4c4cc(F)ccc4F)nc23)CCN1. The highest BCUT2D eigenvalue weighted by Crippen LogP contribution is 2.37. The number of rotatable bonds is 6. The van der Waals surface area contributed by atoms with Gasteiger partial charge >= 0.3 is 0 Å². The standard InChI is InChI=1S/C23H29F2N7/c1-16-15-30(11-7-26-16)12-8-27-20-14-28-32-10-6-22(29-23(20)32)31-9-2-3-21(31)18-13-17(24)4-5-19(18)25/h4-6,10,13-14,16,21,26-27H,2-3,7-9,11-12,15H2,1H3/t16-,21+/m0/s1. The quantitative estimate of drug-likeness (QED) is 0.613. The first kappa shape index (κ1) is 21.1. The molecule has 0 radical (unpaired) electrons. The van der Waals surface area contributed by atoms with Crippen LogP contribution in [0.3, 0.4) is 0 Å². The van der Waals surface area contributed by atoms with Gasteiger partial charge in [0.05, 0.1) is 17.9 Å². The summed E-state index contributed by atoms with van der Waals surface area (Å²) in [7, 11) is 0. The van der Waals surface area contributed by atoms with Gasteiger partial charge in [0, 0.05) is 57.1 Å². The van der Waals surface area contributed by atoms with Crippen LogP contribution in [0, 0.1) is 11.6 Å². The highest BCUT2D eigenvalue weighted by Gasteiger charge is 2.30. The smallest absolute Gasteiger partial charge is 0.180 e. The number of anilines is 2. The minimum atomic E-state index is -0.419. The van der Waals surface area contributed by atoms with Crippen LogP contribution < -0.4 is 15.5 Å². The number of hydrogen-bond acceptors (Lipinski definition) is 6. The molecule has 4 heterocycles. The topological polar surface area (TPSA) is 60.7 Å². The van der Waals surface area contributed by atoms with E-state index < -0.39 is 5.82 Å². The van der Waals surface area contributed by atoms with Gasteiger partial charge < -0.3 is 15.5 Å². The maximum Gasteiger partial charge on any atom is 0.180 e. The van der Waals surface area contributed by atoms with Crippen LogP contribution in [0.1, 0.15) is 31.4 Å². The molecule has 170 valence electrons. The van der Waals surface area contributed by atoms with Crippen LogP contribution in [-0.2, 0) is 0 Å². The van der Waals surface area contributed by atoms with Crippen molar-refractivity contribution in [3.63, 3.8) is 0 Å². The Morgan fingerprint density at radius 1 is 1.22 bits per heavy atom. The highest BCUT2D eigenvalue weighted by molar-refractivity contribution is 5.68. The van der Waals surface area contributed by atoms with Gasteiger partial charge in [-0.2, -0.15) is 5.10 Å². The van der Waals surface area contributed by atoms with Crippen LogP contribution >= 0.6 is 0 Å². The molecule has 0 spiro atoms. The summed E-state index contributed by atoms with van der Waals surface area (Å²) in [6.07, 6.45) is 5.33. The largest absolute Gasteiger partial charge is 0.379 e. The van der Waals surface area contributed by atoms with Crippen molar-refractivity contribution < 1.29 is 8.78 Å². The van der Waals surface area contributed by atoms with E-state index in [1.807, 2.05) is 12.3 Å². The van der Waals surface area contributed by atoms with Gasteiger partial charge in [-0.1, -0.05) is 0 Å². The number of aromatic nitrogens is 3. The first-order valence-electron chi connectivity index (χ1n) is 11.3. The molecule has 9 heteroatoms. The third-order valence-electron chi connectivity index (χ3n) is 6.41. The van der Waals surface area contributed by atoms with Crippen LogP contribution in [0.15, 0.2) is 36.7 Å². The van der Waals surface area contributed by atoms with Crippen molar-refractivity contribution in [1.82, 2.24) is 24.8 Å². The minimum Gasteiger partial charge on any atom is -0.379 e. The molecule has 0 saturated carbocycles. The van der Waals surface area contributed by atoms with Gasteiger partial charge in [-0.3, -0.25) is 4.90 Å². The number of piperazine rings is 1. The molecule has 2 aromatic heterocycles. The third-order valence-corrected chi connectivity index (χ3v) is 6.41. The van der Waals surface area contributed by atoms with Gasteiger partial charge in [0.25, 0.3) is 0 Å². The monoisotopic (exact) mass is 441 g/mol. The lowest BCUT2D eigenvalue weighted by Gasteiger charge is -2.31. The maximum absolute atomic E-state index is 14.4. The van der Waals surface area contributed by atoms with Crippen molar-refractivity contribution in [3.05, 3.63) is 53.9 Å². The van der Waals surface area contributed by atoms with Gasteiger partial charge in [0.1, 0.15) is 17.5 Å². The molecule has 2 saturated heterocycles. The zero-order valence-corrected chi connectivity index (χ0v) is 18.3. The molecule has 0 bridgehead atoms. The summed E-state index contributed by atoms with van der Waals surface area (Å²) in [6, 6.07) is 5.85. The van der Waals surface area contributed by atoms with E-state index in [9.17, 15) is 8.78 Å². The predicted octanol–water partition coefficient (Wildman–Crippen LogP) is 3.05. The maximum atomic E-state index is 14.4. The number of nitrogens with one attached hydrogen (secondary N) is 2. The van der Waals surface area contributed by atoms with Crippen LogP contribution in [0.5, 0.6) is 0 Å². The zero-order chi connectivity index (χ0) is 22.1. The number of nitrogens with zero attached hydrogens (tertiary/aromatic N) is 5. The molecule has 2 aliphatic rings. The van der Waals surface area contributed by atoms with Crippen molar-refractivity contribution in [2.24, 2.45) is 0 Å². The fourth-order valence-electron chi connectivity index (χ4n) is 4.84. The molecule has 0 amide bonds. The molecule has 32 heavy (non-hydrogen) atoms. The molecule has 0 aliphatic carbocycles. The molecular formula is C23H29F2N7. The first-order chi connectivity index (χ1) is 15.6. The summed E-state index contributed by atoms with van der Waals surface area (Å²) in [6.45, 7) is 7.84. The van der Waals surface area contributed by atoms with E-state index in [2.05, 4.69) is 32.5 Å². The van der Waals surface area contributed by atoms with Gasteiger partial charge in [0.2, 0.25) is 0 Å². The second kappa shape index (κ2) is 8.99. The molecule has 5 rings (SSSR count). The lowest BCUT2D eigenvalue weighted by atomic mass is 10.0. The summed E-state index contributed by atoms with van der Waals surface area (Å²) >= 11 is 0. The molecule has 3 aromatic rings. The van der Waals surface area contributed by atoms with E-state index in [4.69, 9.17) is 4.98 Å². The van der Waals surface area contributed by atoms with Gasteiger partial charge in [-0.05, 0) is 44.0 Å². The molecule has 2 N–H and O–H groups in total. The van der Waals surface area contributed by atoms with Gasteiger partial charge in [-0.25, -0.2) is 18.3 Å². The molecule has 1 aromatic carbocycles. The molecular weight excluding hydrogens is 412 g/mol. The summed E-state index contributed by atoms with van der Waals surface area (Å²) in [5, 5.41) is 11.3. The molecule has 2 aliphatic heterocycles. The molecule has 0 unspecified atom stereocenters. The molecule has 2 fully saturated rings. The number of benzene rings is 1. The molecule has 7 nitrogen and oxygen atoms in total. The Morgan fingerprint density at radius 3 is 3.00 bits per heavy atom. The van der Waals surface area contributed by atoms with Crippen molar-refractivity contribution in [2.45, 2.75) is 31.8 Å². The number of hydrogen-bond donors (Lipinski definition) is 2. The summed E-state index contributed by atoms with van der Waals surface area (Å²) < 4.78 is 30.0. The zero-order valence-electron chi connectivity index (χ0n) is 18.3. The first-order valence-corrected chi connectivity index (χ1v) is 11.3. The Labute approximate surface area is 186 Å². The lowest BCUT2D eigenvalue weighted by molar-refractivity contribution is 0.214. The Hall–Kier alpha value is -2.78. The average molecular weight is 442 g/mol. The van der Waals surface area contributed by atoms with Crippen LogP contribution in [0.2, 0.25) is 0 Å². The van der Waals surface area contributed by atoms with E-state index >= 15 is 0 Å². The van der Waals surface area contributed by atoms with Crippen molar-refractivity contribution in [2.75, 3.05) is 49.5 Å². The van der Waals surface area contributed by atoms with E-state index in [0.29, 0.717) is 11.6 Å². The van der Waals surface area contributed by atoms with Crippen LogP contribution in [-0.4, -0.2) is 64.8 Å². The van der Waals surface area contributed by atoms with Crippen molar-refractivity contribution in [1.29, 1.82) is 0 Å². The second-order valence-corrected chi connectivity index (χ2v) is 8.71. The number of fused-ring (bicyclic) bond motifs is 1. The normalized spacial score (nSPS) is 22.0. The Bertz CT molecular complexity index is 1090. The second-order valence-electron chi connectivity index (χ2n) is 8.71. The average Bonchev–Trinajstić information content (AvgIpc) is 3.42. The van der Waals surface area contributed by atoms with Gasteiger partial charge in [-0.15, -0.1) is 0 Å². The summed E-state index contributed by atoms with van der Waals surface area (Å²) in [4.78, 5) is 9.36. The minimum absolute atomic E-state index is 0.227. The van der Waals surface area contributed by atoms with Crippen LogP contribution in [0.4, 0.5) is 20.3 Å². The summed E-state index contributed by atoms with van der Waals surface area (Å²) in [5.74, 6) is -0.0423. The highest BCUT2D eigenvalue weighted by atomic mass is 19.1. The molecule has 2 atom stereocenters.